The molecule has 0 radical (unpaired) electrons. The summed E-state index contributed by atoms with van der Waals surface area (Å²) in [6, 6.07) is 7.68. The molecule has 3 aromatic rings. The molecule has 0 atom stereocenters. The highest BCUT2D eigenvalue weighted by molar-refractivity contribution is 7.99. The first-order valence-corrected chi connectivity index (χ1v) is 10.8. The van der Waals surface area contributed by atoms with Crippen LogP contribution in [0.1, 0.15) is 25.3 Å². The lowest BCUT2D eigenvalue weighted by Gasteiger charge is -2.10. The zero-order chi connectivity index (χ0) is 19.9. The molecule has 28 heavy (non-hydrogen) atoms. The lowest BCUT2D eigenvalue weighted by atomic mass is 10.2. The van der Waals surface area contributed by atoms with Crippen molar-refractivity contribution in [3.8, 4) is 17.1 Å². The number of aryl methyl sites for hydroxylation is 1. The average molecular weight is 419 g/mol. The van der Waals surface area contributed by atoms with E-state index in [4.69, 9.17) is 4.74 Å². The van der Waals surface area contributed by atoms with Gasteiger partial charge in [-0.25, -0.2) is 0 Å². The molecule has 0 saturated heterocycles. The standard InChI is InChI=1S/C18H22N6O2S2/c1-4-8-15-20-22-17(28-15)19-14(25)11-27-18-23-21-16(24(18)5-2)12-9-6-7-10-13(12)26-3/h6-7,9-10H,4-5,8,11H2,1-3H3,(H,19,22,25). The van der Waals surface area contributed by atoms with Crippen LogP contribution in [0.5, 0.6) is 5.75 Å². The average Bonchev–Trinajstić information content (AvgIpc) is 3.32. The third-order valence-electron chi connectivity index (χ3n) is 3.89. The smallest absolute Gasteiger partial charge is 0.236 e. The first-order valence-electron chi connectivity index (χ1n) is 8.97. The van der Waals surface area contributed by atoms with Gasteiger partial charge in [0.05, 0.1) is 18.4 Å². The number of carbonyl (C=O) groups excluding carboxylic acids is 1. The Morgan fingerprint density at radius 1 is 1.21 bits per heavy atom. The maximum atomic E-state index is 12.3. The van der Waals surface area contributed by atoms with Crippen molar-refractivity contribution in [1.29, 1.82) is 0 Å². The molecule has 2 heterocycles. The lowest BCUT2D eigenvalue weighted by Crippen LogP contribution is -2.14. The van der Waals surface area contributed by atoms with Gasteiger partial charge in [-0.3, -0.25) is 10.1 Å². The number of aromatic nitrogens is 5. The fourth-order valence-electron chi connectivity index (χ4n) is 2.61. The highest BCUT2D eigenvalue weighted by Crippen LogP contribution is 2.30. The summed E-state index contributed by atoms with van der Waals surface area (Å²) in [6.07, 6.45) is 1.87. The maximum Gasteiger partial charge on any atom is 0.236 e. The lowest BCUT2D eigenvalue weighted by molar-refractivity contribution is -0.113. The molecule has 0 unspecified atom stereocenters. The van der Waals surface area contributed by atoms with Crippen molar-refractivity contribution < 1.29 is 9.53 Å². The molecule has 0 fully saturated rings. The van der Waals surface area contributed by atoms with Crippen LogP contribution in [0.15, 0.2) is 29.4 Å². The fourth-order valence-corrected chi connectivity index (χ4v) is 4.27. The quantitative estimate of drug-likeness (QED) is 0.531. The van der Waals surface area contributed by atoms with Gasteiger partial charge in [-0.05, 0) is 25.5 Å². The second-order valence-electron chi connectivity index (χ2n) is 5.84. The van der Waals surface area contributed by atoms with Crippen LogP contribution in [-0.2, 0) is 17.8 Å². The molecule has 8 nitrogen and oxygen atoms in total. The molecular formula is C18H22N6O2S2. The van der Waals surface area contributed by atoms with Crippen molar-refractivity contribution in [1.82, 2.24) is 25.0 Å². The van der Waals surface area contributed by atoms with Gasteiger partial charge in [0.25, 0.3) is 0 Å². The highest BCUT2D eigenvalue weighted by atomic mass is 32.2. The highest BCUT2D eigenvalue weighted by Gasteiger charge is 2.17. The van der Waals surface area contributed by atoms with Crippen molar-refractivity contribution >= 4 is 34.1 Å². The molecule has 0 saturated carbocycles. The molecule has 0 aliphatic heterocycles. The number of nitrogens with zero attached hydrogens (tertiary/aromatic N) is 5. The molecule has 148 valence electrons. The predicted molar refractivity (Wildman–Crippen MR) is 111 cm³/mol. The minimum absolute atomic E-state index is 0.145. The molecule has 0 spiro atoms. The number of nitrogens with one attached hydrogen (secondary N) is 1. The van der Waals surface area contributed by atoms with Gasteiger partial charge in [0.15, 0.2) is 11.0 Å². The molecule has 0 aliphatic carbocycles. The SMILES string of the molecule is CCCc1nnc(NC(=O)CSc2nnc(-c3ccccc3OC)n2CC)s1. The Balaban J connectivity index is 1.67. The normalized spacial score (nSPS) is 10.8. The van der Waals surface area contributed by atoms with Gasteiger partial charge in [0, 0.05) is 13.0 Å². The van der Waals surface area contributed by atoms with E-state index in [1.807, 2.05) is 35.8 Å². The Hall–Kier alpha value is -2.46. The first kappa shape index (κ1) is 20.3. The van der Waals surface area contributed by atoms with E-state index in [1.54, 1.807) is 7.11 Å². The van der Waals surface area contributed by atoms with Gasteiger partial charge in [-0.2, -0.15) is 0 Å². The predicted octanol–water partition coefficient (Wildman–Crippen LogP) is 3.51. The largest absolute Gasteiger partial charge is 0.496 e. The third kappa shape index (κ3) is 4.68. The van der Waals surface area contributed by atoms with Crippen LogP contribution in [0.25, 0.3) is 11.4 Å². The molecule has 1 aromatic carbocycles. The van der Waals surface area contributed by atoms with Crippen LogP contribution in [0, 0.1) is 0 Å². The number of hydrogen-bond donors (Lipinski definition) is 1. The second-order valence-corrected chi connectivity index (χ2v) is 7.84. The van der Waals surface area contributed by atoms with E-state index < -0.39 is 0 Å². The number of para-hydroxylation sites is 1. The van der Waals surface area contributed by atoms with Gasteiger partial charge >= 0.3 is 0 Å². The molecule has 1 amide bonds. The Labute approximate surface area is 171 Å². The van der Waals surface area contributed by atoms with Crippen LogP contribution in [0.2, 0.25) is 0 Å². The molecule has 1 N–H and O–H groups in total. The van der Waals surface area contributed by atoms with Gasteiger partial charge in [0.2, 0.25) is 11.0 Å². The maximum absolute atomic E-state index is 12.3. The number of rotatable bonds is 9. The number of methoxy groups -OCH3 is 1. The Morgan fingerprint density at radius 3 is 2.79 bits per heavy atom. The summed E-state index contributed by atoms with van der Waals surface area (Å²) in [5.74, 6) is 1.52. The molecule has 2 aromatic heterocycles. The van der Waals surface area contributed by atoms with Crippen molar-refractivity contribution in [3.63, 3.8) is 0 Å². The van der Waals surface area contributed by atoms with E-state index in [9.17, 15) is 4.79 Å². The number of hydrogen-bond acceptors (Lipinski definition) is 8. The summed E-state index contributed by atoms with van der Waals surface area (Å²) >= 11 is 2.75. The number of ether oxygens (including phenoxy) is 1. The summed E-state index contributed by atoms with van der Waals surface area (Å²) in [5.41, 5.74) is 0.868. The minimum atomic E-state index is -0.145. The summed E-state index contributed by atoms with van der Waals surface area (Å²) < 4.78 is 7.40. The van der Waals surface area contributed by atoms with Crippen molar-refractivity contribution in [2.75, 3.05) is 18.2 Å². The summed E-state index contributed by atoms with van der Waals surface area (Å²) in [7, 11) is 1.63. The number of benzene rings is 1. The Kier molecular flexibility index (Phi) is 6.99. The Morgan fingerprint density at radius 2 is 2.04 bits per heavy atom. The molecule has 0 aliphatic rings. The molecular weight excluding hydrogens is 396 g/mol. The van der Waals surface area contributed by atoms with Crippen LogP contribution in [0.3, 0.4) is 0 Å². The summed E-state index contributed by atoms with van der Waals surface area (Å²) in [6.45, 7) is 4.78. The van der Waals surface area contributed by atoms with Crippen LogP contribution in [-0.4, -0.2) is 43.7 Å². The van der Waals surface area contributed by atoms with E-state index in [0.717, 1.165) is 35.0 Å². The van der Waals surface area contributed by atoms with Gasteiger partial charge < -0.3 is 9.30 Å². The third-order valence-corrected chi connectivity index (χ3v) is 5.76. The van der Waals surface area contributed by atoms with Crippen LogP contribution in [0.4, 0.5) is 5.13 Å². The van der Waals surface area contributed by atoms with Crippen LogP contribution >= 0.6 is 23.1 Å². The van der Waals surface area contributed by atoms with E-state index in [0.29, 0.717) is 16.8 Å². The number of amides is 1. The van der Waals surface area contributed by atoms with E-state index in [-0.39, 0.29) is 11.7 Å². The Bertz CT molecular complexity index is 940. The van der Waals surface area contributed by atoms with E-state index in [1.165, 1.54) is 23.1 Å². The number of anilines is 1. The molecule has 10 heteroatoms. The van der Waals surface area contributed by atoms with Crippen molar-refractivity contribution in [2.45, 2.75) is 38.4 Å². The van der Waals surface area contributed by atoms with Gasteiger partial charge in [0.1, 0.15) is 10.8 Å². The fraction of sp³-hybridized carbons (Fsp3) is 0.389. The topological polar surface area (TPSA) is 94.8 Å². The summed E-state index contributed by atoms with van der Waals surface area (Å²) in [4.78, 5) is 12.3. The molecule has 3 rings (SSSR count). The zero-order valence-electron chi connectivity index (χ0n) is 16.0. The van der Waals surface area contributed by atoms with Crippen molar-refractivity contribution in [3.05, 3.63) is 29.3 Å². The summed E-state index contributed by atoms with van der Waals surface area (Å²) in [5, 5.41) is 21.6. The van der Waals surface area contributed by atoms with Crippen molar-refractivity contribution in [2.24, 2.45) is 0 Å². The molecule has 0 bridgehead atoms. The zero-order valence-corrected chi connectivity index (χ0v) is 17.6. The number of thioether (sulfide) groups is 1. The van der Waals surface area contributed by atoms with Gasteiger partial charge in [-0.15, -0.1) is 20.4 Å². The number of carbonyl (C=O) groups is 1. The second kappa shape index (κ2) is 9.65. The monoisotopic (exact) mass is 418 g/mol. The van der Waals surface area contributed by atoms with Crippen LogP contribution < -0.4 is 10.1 Å². The van der Waals surface area contributed by atoms with Gasteiger partial charge in [-0.1, -0.05) is 42.2 Å². The van der Waals surface area contributed by atoms with E-state index >= 15 is 0 Å². The van der Waals surface area contributed by atoms with E-state index in [2.05, 4.69) is 32.6 Å². The first-order chi connectivity index (χ1) is 13.7. The minimum Gasteiger partial charge on any atom is -0.496 e.